The van der Waals surface area contributed by atoms with Gasteiger partial charge in [-0.3, -0.25) is 9.97 Å². The number of benzene rings is 2. The second-order valence-electron chi connectivity index (χ2n) is 15.6. The minimum Gasteiger partial charge on any atom is -0.459 e. The van der Waals surface area contributed by atoms with E-state index in [4.69, 9.17) is 30.4 Å². The Hall–Kier alpha value is -7.62. The molecule has 0 radical (unpaired) electrons. The number of aromatic nitrogens is 10. The molecule has 8 aromatic heterocycles. The Balaban J connectivity index is 0.000000139. The van der Waals surface area contributed by atoms with Gasteiger partial charge in [0.2, 0.25) is 11.2 Å². The molecule has 0 amide bonds. The lowest BCUT2D eigenvalue weighted by molar-refractivity contribution is 0.614. The topological polar surface area (TPSA) is 167 Å². The van der Waals surface area contributed by atoms with Crippen LogP contribution in [0.15, 0.2) is 168 Å². The van der Waals surface area contributed by atoms with Crippen LogP contribution in [0.5, 0.6) is 0 Å². The highest BCUT2D eigenvalue weighted by Crippen LogP contribution is 2.36. The molecule has 1 aliphatic heterocycles. The van der Waals surface area contributed by atoms with Crippen LogP contribution in [0.2, 0.25) is 5.28 Å². The van der Waals surface area contributed by atoms with Gasteiger partial charge in [0.05, 0.1) is 36.7 Å². The van der Waals surface area contributed by atoms with Gasteiger partial charge in [-0.2, -0.15) is 9.97 Å². The smallest absolute Gasteiger partial charge is 0.228 e. The molecule has 1 aliphatic carbocycles. The van der Waals surface area contributed by atoms with Gasteiger partial charge in [-0.25, -0.2) is 19.9 Å². The van der Waals surface area contributed by atoms with E-state index in [1.807, 2.05) is 119 Å². The summed E-state index contributed by atoms with van der Waals surface area (Å²) < 4.78 is 14.9. The normalized spacial score (nSPS) is 14.6. The Labute approximate surface area is 391 Å². The summed E-state index contributed by atoms with van der Waals surface area (Å²) in [5.74, 6) is 3.82. The van der Waals surface area contributed by atoms with Crippen molar-refractivity contribution >= 4 is 75.4 Å². The maximum Gasteiger partial charge on any atom is 0.228 e. The van der Waals surface area contributed by atoms with E-state index in [2.05, 4.69) is 63.6 Å². The number of nitrogens with one attached hydrogen (secondary N) is 2. The fourth-order valence-corrected chi connectivity index (χ4v) is 8.39. The molecule has 0 spiro atoms. The first-order chi connectivity index (χ1) is 32.1. The molecule has 10 aromatic rings. The fraction of sp³-hybridized carbons (Fsp3) is 0.184. The van der Waals surface area contributed by atoms with Gasteiger partial charge in [0, 0.05) is 54.1 Å². The minimum absolute atomic E-state index is 0. The van der Waals surface area contributed by atoms with Gasteiger partial charge in [-0.05, 0) is 85.8 Å². The van der Waals surface area contributed by atoms with Crippen molar-refractivity contribution in [2.45, 2.75) is 50.5 Å². The number of hydrogen-bond acceptors (Lipinski definition) is 13. The lowest BCUT2D eigenvalue weighted by atomic mass is 10.0. The number of rotatable bonds is 9. The highest BCUT2D eigenvalue weighted by molar-refractivity contribution is 6.28. The van der Waals surface area contributed by atoms with Crippen LogP contribution < -0.4 is 15.5 Å². The molecule has 2 aromatic carbocycles. The van der Waals surface area contributed by atoms with Gasteiger partial charge in [-0.15, -0.1) is 12.4 Å². The van der Waals surface area contributed by atoms with E-state index < -0.39 is 0 Å². The van der Waals surface area contributed by atoms with Gasteiger partial charge in [0.1, 0.15) is 35.3 Å². The minimum atomic E-state index is 0. The number of pyridine rings is 2. The Morgan fingerprint density at radius 2 is 1.09 bits per heavy atom. The zero-order valence-electron chi connectivity index (χ0n) is 35.6. The average Bonchev–Trinajstić information content (AvgIpc) is 4.22. The third-order valence-electron chi connectivity index (χ3n) is 11.3. The van der Waals surface area contributed by atoms with Gasteiger partial charge in [0.25, 0.3) is 0 Å². The molecule has 2 N–H and O–H groups in total. The SMILES string of the molecule is Cl.Clc1nc(Nc2cn(-c3ccccc3)cn2)c2occc2n1.c1ccc(-n2cnc(Nc3nc(N4CCCC4c4ccccn4)nc4ccoc34)c2)cc1.c1ccc(C2CCCC2)nc1. The maximum absolute atomic E-state index is 5.92. The number of anilines is 5. The summed E-state index contributed by atoms with van der Waals surface area (Å²) in [5, 5.41) is 6.58. The van der Waals surface area contributed by atoms with Crippen LogP contribution in [-0.4, -0.2) is 55.6 Å². The summed E-state index contributed by atoms with van der Waals surface area (Å²) in [4.78, 5) is 37.8. The van der Waals surface area contributed by atoms with Crippen LogP contribution >= 0.6 is 24.0 Å². The van der Waals surface area contributed by atoms with Crippen molar-refractivity contribution in [2.24, 2.45) is 0 Å². The molecule has 1 saturated carbocycles. The van der Waals surface area contributed by atoms with E-state index in [1.165, 1.54) is 31.4 Å². The molecule has 2 aliphatic rings. The van der Waals surface area contributed by atoms with E-state index >= 15 is 0 Å². The van der Waals surface area contributed by atoms with Gasteiger partial charge in [-0.1, -0.05) is 61.4 Å². The van der Waals surface area contributed by atoms with E-state index in [-0.39, 0.29) is 23.7 Å². The van der Waals surface area contributed by atoms with Gasteiger partial charge in [0.15, 0.2) is 22.8 Å². The lowest BCUT2D eigenvalue weighted by Gasteiger charge is -2.24. The van der Waals surface area contributed by atoms with Crippen molar-refractivity contribution in [3.8, 4) is 11.4 Å². The molecule has 12 rings (SSSR count). The Bertz CT molecular complexity index is 3080. The van der Waals surface area contributed by atoms with E-state index in [9.17, 15) is 0 Å². The molecule has 1 unspecified atom stereocenters. The molecule has 2 fully saturated rings. The maximum atomic E-state index is 5.92. The largest absolute Gasteiger partial charge is 0.459 e. The molecule has 66 heavy (non-hydrogen) atoms. The summed E-state index contributed by atoms with van der Waals surface area (Å²) in [5.41, 5.74) is 6.94. The van der Waals surface area contributed by atoms with Crippen LogP contribution in [0, 0.1) is 0 Å². The summed E-state index contributed by atoms with van der Waals surface area (Å²) in [6, 6.07) is 36.0. The second kappa shape index (κ2) is 20.5. The summed E-state index contributed by atoms with van der Waals surface area (Å²) in [6.07, 6.45) is 21.8. The standard InChI is InChI=1S/C24H21N7O.C15H10ClN5O.C10H13N.ClH/c1-2-7-17(8-3-1)30-15-21(26-16-30)28-23-22-19(11-14-32-22)27-24(29-23)31-13-6-10-20(31)18-9-4-5-12-25-18;16-15-18-11-6-7-22-13(11)14(20-15)19-12-8-21(9-17-12)10-4-2-1-3-5-10;1-2-6-9(5-1)10-7-3-4-8-11-10;/h1-5,7-9,11-12,14-16,20H,6,10,13H2,(H,27,28,29);1-9H,(H,18,19,20);3-4,7-9H,1-2,5-6H2;1H. The zero-order valence-corrected chi connectivity index (χ0v) is 37.2. The fourth-order valence-electron chi connectivity index (χ4n) is 8.21. The highest BCUT2D eigenvalue weighted by atomic mass is 35.5. The van der Waals surface area contributed by atoms with Crippen molar-refractivity contribution in [1.29, 1.82) is 0 Å². The first-order valence-corrected chi connectivity index (χ1v) is 22.0. The first kappa shape index (κ1) is 43.6. The monoisotopic (exact) mass is 917 g/mol. The van der Waals surface area contributed by atoms with Crippen molar-refractivity contribution in [1.82, 2.24) is 49.0 Å². The van der Waals surface area contributed by atoms with E-state index in [1.54, 1.807) is 31.2 Å². The Morgan fingerprint density at radius 1 is 0.545 bits per heavy atom. The summed E-state index contributed by atoms with van der Waals surface area (Å²) >= 11 is 5.92. The number of para-hydroxylation sites is 2. The number of halogens is 2. The lowest BCUT2D eigenvalue weighted by Crippen LogP contribution is -2.25. The summed E-state index contributed by atoms with van der Waals surface area (Å²) in [6.45, 7) is 0.882. The predicted molar refractivity (Wildman–Crippen MR) is 259 cm³/mol. The zero-order chi connectivity index (χ0) is 43.8. The quantitative estimate of drug-likeness (QED) is 0.131. The van der Waals surface area contributed by atoms with Crippen molar-refractivity contribution in [3.05, 3.63) is 176 Å². The second-order valence-corrected chi connectivity index (χ2v) is 15.9. The molecule has 1 atom stereocenters. The van der Waals surface area contributed by atoms with Crippen LogP contribution in [-0.2, 0) is 0 Å². The van der Waals surface area contributed by atoms with Crippen LogP contribution in [0.4, 0.5) is 29.2 Å². The molecule has 0 bridgehead atoms. The van der Waals surface area contributed by atoms with Crippen LogP contribution in [0.1, 0.15) is 61.9 Å². The molecule has 332 valence electrons. The number of furan rings is 2. The molecule has 17 heteroatoms. The molecule has 1 saturated heterocycles. The van der Waals surface area contributed by atoms with Crippen molar-refractivity contribution in [2.75, 3.05) is 22.1 Å². The van der Waals surface area contributed by atoms with Gasteiger partial charge < -0.3 is 33.5 Å². The Morgan fingerprint density at radius 3 is 1.67 bits per heavy atom. The number of imidazole rings is 2. The number of fused-ring (bicyclic) bond motifs is 2. The number of hydrogen-bond donors (Lipinski definition) is 2. The van der Waals surface area contributed by atoms with E-state index in [0.29, 0.717) is 45.9 Å². The molecular weight excluding hydrogens is 874 g/mol. The average molecular weight is 919 g/mol. The van der Waals surface area contributed by atoms with Crippen LogP contribution in [0.25, 0.3) is 33.6 Å². The van der Waals surface area contributed by atoms with Crippen molar-refractivity contribution in [3.63, 3.8) is 0 Å². The molecule has 15 nitrogen and oxygen atoms in total. The van der Waals surface area contributed by atoms with Crippen molar-refractivity contribution < 1.29 is 8.83 Å². The van der Waals surface area contributed by atoms with E-state index in [0.717, 1.165) is 47.9 Å². The molecule has 9 heterocycles. The Kier molecular flexibility index (Phi) is 13.5. The predicted octanol–water partition coefficient (Wildman–Crippen LogP) is 11.9. The van der Waals surface area contributed by atoms with Gasteiger partial charge >= 0.3 is 0 Å². The molecular formula is C49H45Cl2N13O2. The van der Waals surface area contributed by atoms with Crippen LogP contribution in [0.3, 0.4) is 0 Å². The third-order valence-corrected chi connectivity index (χ3v) is 11.5. The summed E-state index contributed by atoms with van der Waals surface area (Å²) in [7, 11) is 0. The third kappa shape index (κ3) is 10.0. The first-order valence-electron chi connectivity index (χ1n) is 21.6. The number of nitrogens with zero attached hydrogens (tertiary/aromatic N) is 11. The highest BCUT2D eigenvalue weighted by Gasteiger charge is 2.30.